The molecule has 1 fully saturated rings. The highest BCUT2D eigenvalue weighted by Gasteiger charge is 2.23. The van der Waals surface area contributed by atoms with Gasteiger partial charge in [0.2, 0.25) is 0 Å². The van der Waals surface area contributed by atoms with Gasteiger partial charge in [0.05, 0.1) is 23.3 Å². The molecule has 0 spiro atoms. The smallest absolute Gasteiger partial charge is 0.259 e. The zero-order valence-electron chi connectivity index (χ0n) is 17.4. The average Bonchev–Trinajstić information content (AvgIpc) is 3.42. The summed E-state index contributed by atoms with van der Waals surface area (Å²) in [7, 11) is 0. The molecule has 1 aliphatic rings. The van der Waals surface area contributed by atoms with Gasteiger partial charge in [-0.15, -0.1) is 11.3 Å². The Morgan fingerprint density at radius 3 is 2.65 bits per heavy atom. The van der Waals surface area contributed by atoms with E-state index in [2.05, 4.69) is 58.3 Å². The third kappa shape index (κ3) is 3.92. The van der Waals surface area contributed by atoms with Crippen molar-refractivity contribution in [3.63, 3.8) is 0 Å². The monoisotopic (exact) mass is 433 g/mol. The average molecular weight is 434 g/mol. The molecular formula is C23H23N5O2S. The molecule has 0 bridgehead atoms. The molecule has 5 rings (SSSR count). The Labute approximate surface area is 184 Å². The first-order chi connectivity index (χ1) is 15.1. The first-order valence-corrected chi connectivity index (χ1v) is 11.1. The molecule has 1 amide bonds. The number of hydrogen-bond acceptors (Lipinski definition) is 6. The van der Waals surface area contributed by atoms with Crippen LogP contribution in [0.15, 0.2) is 60.4 Å². The summed E-state index contributed by atoms with van der Waals surface area (Å²) in [4.78, 5) is 23.8. The molecule has 4 aromatic rings. The van der Waals surface area contributed by atoms with Crippen LogP contribution in [0.2, 0.25) is 0 Å². The fraction of sp³-hybridized carbons (Fsp3) is 0.261. The van der Waals surface area contributed by atoms with Crippen molar-refractivity contribution < 1.29 is 9.53 Å². The number of thiazole rings is 1. The highest BCUT2D eigenvalue weighted by Crippen LogP contribution is 2.26. The Morgan fingerprint density at radius 1 is 1.10 bits per heavy atom. The standard InChI is InChI=1S/C23H23N5O2S/c1-15-12-27(13-16(2)30-15)17-5-3-6-18(11-17)28-14-25-21-19(7-4-8-20(21)28)22(29)26-23-24-9-10-31-23/h3-11,14-16H,12-13H2,1-2H3,(H,24,26,29). The van der Waals surface area contributed by atoms with Crippen LogP contribution in [-0.4, -0.2) is 45.7 Å². The van der Waals surface area contributed by atoms with Gasteiger partial charge in [0, 0.05) is 36.0 Å². The first-order valence-electron chi connectivity index (χ1n) is 10.3. The van der Waals surface area contributed by atoms with Crippen molar-refractivity contribution in [1.29, 1.82) is 0 Å². The minimum absolute atomic E-state index is 0.195. The van der Waals surface area contributed by atoms with E-state index in [-0.39, 0.29) is 18.1 Å². The predicted octanol–water partition coefficient (Wildman–Crippen LogP) is 4.35. The van der Waals surface area contributed by atoms with Crippen LogP contribution in [0.1, 0.15) is 24.2 Å². The van der Waals surface area contributed by atoms with Crippen molar-refractivity contribution in [3.05, 3.63) is 65.9 Å². The fourth-order valence-electron chi connectivity index (χ4n) is 4.11. The van der Waals surface area contributed by atoms with Crippen LogP contribution < -0.4 is 10.2 Å². The summed E-state index contributed by atoms with van der Waals surface area (Å²) in [5, 5.41) is 5.24. The number of carbonyl (C=O) groups excluding carboxylic acids is 1. The number of benzene rings is 2. The van der Waals surface area contributed by atoms with Crippen LogP contribution in [0, 0.1) is 0 Å². The van der Waals surface area contributed by atoms with Crippen molar-refractivity contribution in [2.75, 3.05) is 23.3 Å². The van der Waals surface area contributed by atoms with E-state index in [4.69, 9.17) is 4.74 Å². The topological polar surface area (TPSA) is 72.3 Å². The van der Waals surface area contributed by atoms with Gasteiger partial charge in [0.1, 0.15) is 11.8 Å². The molecule has 1 N–H and O–H groups in total. The Kier molecular flexibility index (Phi) is 5.17. The number of imidazole rings is 1. The molecule has 1 saturated heterocycles. The zero-order chi connectivity index (χ0) is 21.4. The second kappa shape index (κ2) is 8.13. The highest BCUT2D eigenvalue weighted by molar-refractivity contribution is 7.13. The van der Waals surface area contributed by atoms with E-state index in [9.17, 15) is 4.79 Å². The summed E-state index contributed by atoms with van der Waals surface area (Å²) in [6, 6.07) is 14.0. The molecule has 2 aromatic heterocycles. The SMILES string of the molecule is CC1CN(c2cccc(-n3cnc4c(C(=O)Nc5nccs5)cccc43)c2)CC(C)O1. The number of nitrogens with zero attached hydrogens (tertiary/aromatic N) is 4. The Morgan fingerprint density at radius 2 is 1.87 bits per heavy atom. The number of ether oxygens (including phenoxy) is 1. The van der Waals surface area contributed by atoms with Crippen molar-refractivity contribution in [1.82, 2.24) is 14.5 Å². The first kappa shape index (κ1) is 19.7. The molecule has 7 nitrogen and oxygen atoms in total. The highest BCUT2D eigenvalue weighted by atomic mass is 32.1. The number of anilines is 2. The Hall–Kier alpha value is -3.23. The fourth-order valence-corrected chi connectivity index (χ4v) is 4.63. The predicted molar refractivity (Wildman–Crippen MR) is 123 cm³/mol. The van der Waals surface area contributed by atoms with Crippen molar-refractivity contribution >= 4 is 39.1 Å². The van der Waals surface area contributed by atoms with E-state index >= 15 is 0 Å². The minimum Gasteiger partial charge on any atom is -0.372 e. The maximum absolute atomic E-state index is 12.8. The molecule has 0 aliphatic carbocycles. The van der Waals surface area contributed by atoms with E-state index in [1.807, 2.05) is 22.1 Å². The number of para-hydroxylation sites is 1. The molecule has 3 heterocycles. The Bertz CT molecular complexity index is 1210. The molecule has 158 valence electrons. The van der Waals surface area contributed by atoms with Crippen LogP contribution in [0.4, 0.5) is 10.8 Å². The van der Waals surface area contributed by atoms with Crippen LogP contribution >= 0.6 is 11.3 Å². The molecule has 8 heteroatoms. The molecule has 0 radical (unpaired) electrons. The normalized spacial score (nSPS) is 19.0. The second-order valence-electron chi connectivity index (χ2n) is 7.76. The molecule has 1 aliphatic heterocycles. The van der Waals surface area contributed by atoms with Crippen LogP contribution in [0.5, 0.6) is 0 Å². The van der Waals surface area contributed by atoms with Gasteiger partial charge < -0.3 is 9.64 Å². The van der Waals surface area contributed by atoms with Gasteiger partial charge in [-0.25, -0.2) is 9.97 Å². The van der Waals surface area contributed by atoms with Gasteiger partial charge in [-0.3, -0.25) is 14.7 Å². The van der Waals surface area contributed by atoms with E-state index in [1.165, 1.54) is 11.3 Å². The molecule has 0 saturated carbocycles. The maximum atomic E-state index is 12.8. The lowest BCUT2D eigenvalue weighted by Crippen LogP contribution is -2.45. The van der Waals surface area contributed by atoms with Gasteiger partial charge in [0.15, 0.2) is 5.13 Å². The number of fused-ring (bicyclic) bond motifs is 1. The summed E-state index contributed by atoms with van der Waals surface area (Å²) in [6.07, 6.45) is 3.83. The van der Waals surface area contributed by atoms with Crippen molar-refractivity contribution in [2.45, 2.75) is 26.1 Å². The van der Waals surface area contributed by atoms with E-state index in [1.54, 1.807) is 18.6 Å². The number of aromatic nitrogens is 3. The molecular weight excluding hydrogens is 410 g/mol. The van der Waals surface area contributed by atoms with Gasteiger partial charge in [-0.1, -0.05) is 12.1 Å². The van der Waals surface area contributed by atoms with Crippen molar-refractivity contribution in [3.8, 4) is 5.69 Å². The molecule has 31 heavy (non-hydrogen) atoms. The van der Waals surface area contributed by atoms with Crippen LogP contribution in [0.3, 0.4) is 0 Å². The second-order valence-corrected chi connectivity index (χ2v) is 8.66. The number of hydrogen-bond donors (Lipinski definition) is 1. The van der Waals surface area contributed by atoms with Crippen LogP contribution in [0.25, 0.3) is 16.7 Å². The summed E-state index contributed by atoms with van der Waals surface area (Å²) < 4.78 is 7.89. The summed E-state index contributed by atoms with van der Waals surface area (Å²) in [5.41, 5.74) is 4.23. The Balaban J connectivity index is 1.48. The number of nitrogens with one attached hydrogen (secondary N) is 1. The largest absolute Gasteiger partial charge is 0.372 e. The quantitative estimate of drug-likeness (QED) is 0.518. The van der Waals surface area contributed by atoms with E-state index < -0.39 is 0 Å². The maximum Gasteiger partial charge on any atom is 0.259 e. The third-order valence-electron chi connectivity index (χ3n) is 5.37. The molecule has 2 unspecified atom stereocenters. The van der Waals surface area contributed by atoms with E-state index in [0.717, 1.165) is 30.0 Å². The molecule has 2 atom stereocenters. The molecule has 2 aromatic carbocycles. The zero-order valence-corrected chi connectivity index (χ0v) is 18.2. The number of rotatable bonds is 4. The lowest BCUT2D eigenvalue weighted by atomic mass is 10.1. The number of carbonyl (C=O) groups is 1. The van der Waals surface area contributed by atoms with Gasteiger partial charge in [0.25, 0.3) is 5.91 Å². The minimum atomic E-state index is -0.212. The third-order valence-corrected chi connectivity index (χ3v) is 6.06. The lowest BCUT2D eigenvalue weighted by Gasteiger charge is -2.37. The van der Waals surface area contributed by atoms with Gasteiger partial charge in [-0.05, 0) is 44.2 Å². The lowest BCUT2D eigenvalue weighted by molar-refractivity contribution is -0.00521. The number of amides is 1. The summed E-state index contributed by atoms with van der Waals surface area (Å²) >= 11 is 1.39. The summed E-state index contributed by atoms with van der Waals surface area (Å²) in [5.74, 6) is -0.212. The van der Waals surface area contributed by atoms with E-state index in [0.29, 0.717) is 16.2 Å². The van der Waals surface area contributed by atoms with Crippen LogP contribution in [-0.2, 0) is 4.74 Å². The summed E-state index contributed by atoms with van der Waals surface area (Å²) in [6.45, 7) is 5.93. The van der Waals surface area contributed by atoms with Gasteiger partial charge >= 0.3 is 0 Å². The van der Waals surface area contributed by atoms with Gasteiger partial charge in [-0.2, -0.15) is 0 Å². The van der Waals surface area contributed by atoms with Crippen molar-refractivity contribution in [2.24, 2.45) is 0 Å². The number of morpholine rings is 1.